The maximum Gasteiger partial charge on any atom is 0.238 e. The number of sulfonamides is 1. The highest BCUT2D eigenvalue weighted by Crippen LogP contribution is 2.21. The second-order valence-corrected chi connectivity index (χ2v) is 6.32. The lowest BCUT2D eigenvalue weighted by atomic mass is 10.0. The third kappa shape index (κ3) is 4.45. The number of nitrogens with two attached hydrogens (primary N) is 2. The van der Waals surface area contributed by atoms with E-state index in [4.69, 9.17) is 10.9 Å². The Balaban J connectivity index is 2.97. The van der Waals surface area contributed by atoms with Crippen molar-refractivity contribution in [3.05, 3.63) is 24.0 Å². The third-order valence-electron chi connectivity index (χ3n) is 2.89. The molecule has 5 nitrogen and oxygen atoms in total. The van der Waals surface area contributed by atoms with Gasteiger partial charge in [-0.05, 0) is 37.1 Å². The van der Waals surface area contributed by atoms with Gasteiger partial charge in [-0.1, -0.05) is 13.8 Å². The maximum atomic E-state index is 13.8. The normalized spacial score (nSPS) is 13.6. The van der Waals surface area contributed by atoms with Crippen LogP contribution in [-0.4, -0.2) is 21.0 Å². The quantitative estimate of drug-likeness (QED) is 0.734. The lowest BCUT2D eigenvalue weighted by molar-refractivity contribution is 0.495. The van der Waals surface area contributed by atoms with Crippen molar-refractivity contribution in [2.45, 2.75) is 31.2 Å². The van der Waals surface area contributed by atoms with Crippen molar-refractivity contribution < 1.29 is 12.8 Å². The summed E-state index contributed by atoms with van der Waals surface area (Å²) < 4.78 is 36.0. The smallest absolute Gasteiger partial charge is 0.238 e. The first kappa shape index (κ1) is 15.9. The molecule has 5 N–H and O–H groups in total. The zero-order valence-corrected chi connectivity index (χ0v) is 11.9. The van der Waals surface area contributed by atoms with Gasteiger partial charge >= 0.3 is 0 Å². The molecule has 0 bridgehead atoms. The van der Waals surface area contributed by atoms with Crippen LogP contribution in [0.15, 0.2) is 23.1 Å². The predicted molar refractivity (Wildman–Crippen MR) is 73.7 cm³/mol. The highest BCUT2D eigenvalue weighted by molar-refractivity contribution is 7.89. The minimum Gasteiger partial charge on any atom is -0.380 e. The topological polar surface area (TPSA) is 98.2 Å². The van der Waals surface area contributed by atoms with Gasteiger partial charge in [-0.2, -0.15) is 0 Å². The van der Waals surface area contributed by atoms with Gasteiger partial charge in [0.1, 0.15) is 5.82 Å². The van der Waals surface area contributed by atoms with E-state index in [0.29, 0.717) is 13.0 Å². The average Bonchev–Trinajstić information content (AvgIpc) is 2.29. The molecule has 0 saturated heterocycles. The second kappa shape index (κ2) is 6.31. The molecule has 0 amide bonds. The van der Waals surface area contributed by atoms with Crippen LogP contribution < -0.4 is 16.2 Å². The Morgan fingerprint density at radius 3 is 2.42 bits per heavy atom. The monoisotopic (exact) mass is 289 g/mol. The van der Waals surface area contributed by atoms with Gasteiger partial charge in [-0.25, -0.2) is 17.9 Å². The van der Waals surface area contributed by atoms with Crippen LogP contribution in [-0.2, 0) is 10.0 Å². The molecule has 7 heteroatoms. The van der Waals surface area contributed by atoms with Crippen molar-refractivity contribution in [2.75, 3.05) is 11.9 Å². The molecule has 108 valence electrons. The van der Waals surface area contributed by atoms with Gasteiger partial charge in [-0.15, -0.1) is 0 Å². The van der Waals surface area contributed by atoms with Crippen molar-refractivity contribution in [1.29, 1.82) is 0 Å². The fourth-order valence-corrected chi connectivity index (χ4v) is 2.27. The Bertz CT molecular complexity index is 532. The maximum absolute atomic E-state index is 13.8. The van der Waals surface area contributed by atoms with Crippen LogP contribution in [0.25, 0.3) is 0 Å². The van der Waals surface area contributed by atoms with Crippen molar-refractivity contribution >= 4 is 15.7 Å². The van der Waals surface area contributed by atoms with Crippen LogP contribution in [0, 0.1) is 11.7 Å². The van der Waals surface area contributed by atoms with Crippen LogP contribution in [0.2, 0.25) is 0 Å². The van der Waals surface area contributed by atoms with Gasteiger partial charge in [0.25, 0.3) is 0 Å². The summed E-state index contributed by atoms with van der Waals surface area (Å²) in [5.74, 6) is -0.366. The molecular formula is C12H20FN3O2S. The molecule has 0 saturated carbocycles. The Kier molecular flexibility index (Phi) is 5.28. The van der Waals surface area contributed by atoms with Gasteiger partial charge in [-0.3, -0.25) is 0 Å². The molecule has 0 radical (unpaired) electrons. The number of rotatable bonds is 6. The van der Waals surface area contributed by atoms with Crippen molar-refractivity contribution in [3.63, 3.8) is 0 Å². The molecule has 1 rings (SSSR count). The molecule has 0 aromatic heterocycles. The number of primary sulfonamides is 1. The lowest BCUT2D eigenvalue weighted by Crippen LogP contribution is -2.29. The zero-order chi connectivity index (χ0) is 14.6. The number of anilines is 1. The van der Waals surface area contributed by atoms with E-state index < -0.39 is 15.8 Å². The van der Waals surface area contributed by atoms with Crippen molar-refractivity contribution in [1.82, 2.24) is 0 Å². The summed E-state index contributed by atoms with van der Waals surface area (Å²) in [6.07, 6.45) is 0.702. The zero-order valence-electron chi connectivity index (χ0n) is 11.1. The van der Waals surface area contributed by atoms with Crippen LogP contribution in [0.3, 0.4) is 0 Å². The summed E-state index contributed by atoms with van der Waals surface area (Å²) in [5.41, 5.74) is 5.76. The van der Waals surface area contributed by atoms with E-state index in [2.05, 4.69) is 5.32 Å². The molecule has 19 heavy (non-hydrogen) atoms. The Hall–Kier alpha value is -1.18. The number of nitrogens with one attached hydrogen (secondary N) is 1. The van der Waals surface area contributed by atoms with Gasteiger partial charge < -0.3 is 11.1 Å². The van der Waals surface area contributed by atoms with Gasteiger partial charge in [0, 0.05) is 6.04 Å². The van der Waals surface area contributed by atoms with E-state index in [-0.39, 0.29) is 22.5 Å². The number of benzene rings is 1. The lowest BCUT2D eigenvalue weighted by Gasteiger charge is -2.23. The Morgan fingerprint density at radius 2 is 2.00 bits per heavy atom. The van der Waals surface area contributed by atoms with E-state index in [1.54, 1.807) is 0 Å². The molecule has 0 fully saturated rings. The molecule has 0 aliphatic heterocycles. The van der Waals surface area contributed by atoms with Gasteiger partial charge in [0.15, 0.2) is 0 Å². The van der Waals surface area contributed by atoms with E-state index in [9.17, 15) is 12.8 Å². The van der Waals surface area contributed by atoms with Crippen LogP contribution in [0.5, 0.6) is 0 Å². The summed E-state index contributed by atoms with van der Waals surface area (Å²) in [6.45, 7) is 4.50. The van der Waals surface area contributed by atoms with Crippen molar-refractivity contribution in [2.24, 2.45) is 16.8 Å². The molecule has 1 atom stereocenters. The summed E-state index contributed by atoms with van der Waals surface area (Å²) in [4.78, 5) is -0.240. The first-order valence-electron chi connectivity index (χ1n) is 6.04. The predicted octanol–water partition coefficient (Wildman–Crippen LogP) is 1.26. The van der Waals surface area contributed by atoms with E-state index >= 15 is 0 Å². The fourth-order valence-electron chi connectivity index (χ4n) is 1.74. The molecule has 0 aliphatic carbocycles. The van der Waals surface area contributed by atoms with E-state index in [0.717, 1.165) is 6.07 Å². The van der Waals surface area contributed by atoms with Crippen molar-refractivity contribution in [3.8, 4) is 0 Å². The standard InChI is InChI=1S/C12H20FN3O2S/c1-8(2)11(5-6-14)16-12-4-3-9(7-10(12)13)19(15,17)18/h3-4,7-8,11,16H,5-6,14H2,1-2H3,(H2,15,17,18). The van der Waals surface area contributed by atoms with Crippen LogP contribution >= 0.6 is 0 Å². The van der Waals surface area contributed by atoms with Gasteiger partial charge in [0.2, 0.25) is 10.0 Å². The molecular weight excluding hydrogens is 269 g/mol. The molecule has 0 spiro atoms. The number of halogens is 1. The first-order valence-corrected chi connectivity index (χ1v) is 7.59. The van der Waals surface area contributed by atoms with Gasteiger partial charge in [0.05, 0.1) is 10.6 Å². The van der Waals surface area contributed by atoms with Crippen LogP contribution in [0.1, 0.15) is 20.3 Å². The summed E-state index contributed by atoms with van der Waals surface area (Å²) in [6, 6.07) is 3.60. The largest absolute Gasteiger partial charge is 0.380 e. The minimum atomic E-state index is -3.88. The van der Waals surface area contributed by atoms with E-state index in [1.807, 2.05) is 13.8 Å². The summed E-state index contributed by atoms with van der Waals surface area (Å²) in [5, 5.41) is 7.98. The Labute approximate surface area is 113 Å². The molecule has 1 aromatic carbocycles. The highest BCUT2D eigenvalue weighted by atomic mass is 32.2. The van der Waals surface area contributed by atoms with E-state index in [1.165, 1.54) is 12.1 Å². The first-order chi connectivity index (χ1) is 8.75. The molecule has 1 unspecified atom stereocenters. The SMILES string of the molecule is CC(C)C(CCN)Nc1ccc(S(N)(=O)=O)cc1F. The number of hydrogen-bond donors (Lipinski definition) is 3. The summed E-state index contributed by atoms with van der Waals surface area (Å²) in [7, 11) is -3.88. The molecule has 0 aliphatic rings. The summed E-state index contributed by atoms with van der Waals surface area (Å²) >= 11 is 0. The molecule has 0 heterocycles. The highest BCUT2D eigenvalue weighted by Gasteiger charge is 2.16. The second-order valence-electron chi connectivity index (χ2n) is 4.76. The Morgan fingerprint density at radius 1 is 1.37 bits per heavy atom. The third-order valence-corrected chi connectivity index (χ3v) is 3.80. The average molecular weight is 289 g/mol. The minimum absolute atomic E-state index is 0.0276. The fraction of sp³-hybridized carbons (Fsp3) is 0.500. The molecule has 1 aromatic rings. The van der Waals surface area contributed by atoms with Crippen LogP contribution in [0.4, 0.5) is 10.1 Å². The number of hydrogen-bond acceptors (Lipinski definition) is 4.